The topological polar surface area (TPSA) is 50.9 Å². The largest absolute Gasteiger partial charge is 0.395 e. The van der Waals surface area contributed by atoms with Crippen LogP contribution < -0.4 is 11.1 Å². The molecule has 0 aliphatic heterocycles. The van der Waals surface area contributed by atoms with Crippen LogP contribution in [0.5, 0.6) is 0 Å². The fourth-order valence-electron chi connectivity index (χ4n) is 0.961. The molecule has 1 aromatic heterocycles. The number of nitrogens with zero attached hydrogens (tertiary/aromatic N) is 1. The highest BCUT2D eigenvalue weighted by atomic mass is 35.5. The van der Waals surface area contributed by atoms with Crippen LogP contribution in [0.1, 0.15) is 20.8 Å². The van der Waals surface area contributed by atoms with Crippen LogP contribution in [0.15, 0.2) is 12.3 Å². The lowest BCUT2D eigenvalue weighted by atomic mass is 10.1. The summed E-state index contributed by atoms with van der Waals surface area (Å²) in [5.41, 5.74) is 7.03. The zero-order valence-corrected chi connectivity index (χ0v) is 8.81. The van der Waals surface area contributed by atoms with Gasteiger partial charge in [-0.05, 0) is 26.8 Å². The summed E-state index contributed by atoms with van der Waals surface area (Å²) in [7, 11) is 0. The average molecular weight is 200 g/mol. The summed E-state index contributed by atoms with van der Waals surface area (Å²) in [6.07, 6.45) is 1.63. The normalized spacial score (nSPS) is 11.4. The predicted octanol–water partition coefficient (Wildman–Crippen LogP) is 2.53. The maximum Gasteiger partial charge on any atom is 0.153 e. The highest BCUT2D eigenvalue weighted by Crippen LogP contribution is 2.26. The van der Waals surface area contributed by atoms with E-state index in [1.165, 1.54) is 0 Å². The zero-order chi connectivity index (χ0) is 10.1. The van der Waals surface area contributed by atoms with Crippen LogP contribution >= 0.6 is 11.6 Å². The summed E-state index contributed by atoms with van der Waals surface area (Å²) >= 11 is 5.77. The second-order valence-electron chi connectivity index (χ2n) is 3.94. The molecule has 13 heavy (non-hydrogen) atoms. The maximum absolute atomic E-state index is 5.77. The van der Waals surface area contributed by atoms with Gasteiger partial charge in [0.2, 0.25) is 0 Å². The van der Waals surface area contributed by atoms with Gasteiger partial charge in [0.25, 0.3) is 0 Å². The first-order valence-electron chi connectivity index (χ1n) is 4.08. The standard InChI is InChI=1S/C9H14ClN3/c1-9(2,3)13-6-4-5-12-8(10)7(6)11/h4-5H,11H2,1-3H3,(H,12,13). The molecule has 1 rings (SSSR count). The number of halogens is 1. The van der Waals surface area contributed by atoms with E-state index < -0.39 is 0 Å². The summed E-state index contributed by atoms with van der Waals surface area (Å²) in [4.78, 5) is 3.87. The molecule has 0 atom stereocenters. The van der Waals surface area contributed by atoms with Gasteiger partial charge in [-0.2, -0.15) is 0 Å². The van der Waals surface area contributed by atoms with E-state index in [9.17, 15) is 0 Å². The van der Waals surface area contributed by atoms with Crippen molar-refractivity contribution >= 4 is 23.0 Å². The molecule has 0 unspecified atom stereocenters. The lowest BCUT2D eigenvalue weighted by Gasteiger charge is -2.23. The minimum absolute atomic E-state index is 0.0290. The first-order chi connectivity index (χ1) is 5.90. The minimum Gasteiger partial charge on any atom is -0.395 e. The van der Waals surface area contributed by atoms with Gasteiger partial charge in [0.15, 0.2) is 5.15 Å². The number of rotatable bonds is 1. The van der Waals surface area contributed by atoms with Crippen molar-refractivity contribution in [1.82, 2.24) is 4.98 Å². The third-order valence-electron chi connectivity index (χ3n) is 1.45. The van der Waals surface area contributed by atoms with Crippen LogP contribution in [0.4, 0.5) is 11.4 Å². The lowest BCUT2D eigenvalue weighted by molar-refractivity contribution is 0.634. The molecule has 4 heteroatoms. The molecule has 3 nitrogen and oxygen atoms in total. The fraction of sp³-hybridized carbons (Fsp3) is 0.444. The van der Waals surface area contributed by atoms with Gasteiger partial charge in [0.05, 0.1) is 11.4 Å². The molecule has 0 saturated heterocycles. The van der Waals surface area contributed by atoms with Gasteiger partial charge in [0.1, 0.15) is 0 Å². The Bertz CT molecular complexity index is 304. The molecule has 1 aromatic rings. The van der Waals surface area contributed by atoms with Gasteiger partial charge in [-0.1, -0.05) is 11.6 Å². The van der Waals surface area contributed by atoms with E-state index in [-0.39, 0.29) is 5.54 Å². The summed E-state index contributed by atoms with van der Waals surface area (Å²) in [6.45, 7) is 6.17. The lowest BCUT2D eigenvalue weighted by Crippen LogP contribution is -2.26. The number of anilines is 2. The van der Waals surface area contributed by atoms with Crippen molar-refractivity contribution < 1.29 is 0 Å². The van der Waals surface area contributed by atoms with E-state index in [4.69, 9.17) is 17.3 Å². The molecule has 0 spiro atoms. The summed E-state index contributed by atoms with van der Waals surface area (Å²) in [5, 5.41) is 3.58. The molecule has 3 N–H and O–H groups in total. The van der Waals surface area contributed by atoms with Crippen molar-refractivity contribution in [3.05, 3.63) is 17.4 Å². The molecule has 0 amide bonds. The van der Waals surface area contributed by atoms with Crippen molar-refractivity contribution in [2.24, 2.45) is 0 Å². The van der Waals surface area contributed by atoms with Crippen molar-refractivity contribution in [3.8, 4) is 0 Å². The van der Waals surface area contributed by atoms with Crippen molar-refractivity contribution in [2.75, 3.05) is 11.1 Å². The Kier molecular flexibility index (Phi) is 2.66. The van der Waals surface area contributed by atoms with Crippen LogP contribution in [0, 0.1) is 0 Å². The first kappa shape index (κ1) is 10.1. The van der Waals surface area contributed by atoms with E-state index in [1.807, 2.05) is 6.07 Å². The molecule has 0 aliphatic carbocycles. The van der Waals surface area contributed by atoms with Gasteiger partial charge in [-0.3, -0.25) is 0 Å². The third-order valence-corrected chi connectivity index (χ3v) is 1.75. The smallest absolute Gasteiger partial charge is 0.153 e. The van der Waals surface area contributed by atoms with Crippen molar-refractivity contribution in [3.63, 3.8) is 0 Å². The van der Waals surface area contributed by atoms with Gasteiger partial charge in [0, 0.05) is 11.7 Å². The second-order valence-corrected chi connectivity index (χ2v) is 4.30. The molecule has 1 heterocycles. The molecule has 0 saturated carbocycles. The van der Waals surface area contributed by atoms with Crippen molar-refractivity contribution in [1.29, 1.82) is 0 Å². The Morgan fingerprint density at radius 2 is 2.08 bits per heavy atom. The van der Waals surface area contributed by atoms with Crippen LogP contribution in [0.2, 0.25) is 5.15 Å². The molecule has 0 aliphatic rings. The quantitative estimate of drug-likeness (QED) is 0.684. The summed E-state index contributed by atoms with van der Waals surface area (Å²) < 4.78 is 0. The number of nitrogens with one attached hydrogen (secondary N) is 1. The second kappa shape index (κ2) is 3.42. The first-order valence-corrected chi connectivity index (χ1v) is 4.46. The van der Waals surface area contributed by atoms with Crippen LogP contribution in [0.3, 0.4) is 0 Å². The Labute approximate surface area is 83.3 Å². The Hall–Kier alpha value is -0.960. The van der Waals surface area contributed by atoms with E-state index >= 15 is 0 Å². The SMILES string of the molecule is CC(C)(C)Nc1ccnc(Cl)c1N. The number of hydrogen-bond acceptors (Lipinski definition) is 3. The molecular weight excluding hydrogens is 186 g/mol. The highest BCUT2D eigenvalue weighted by Gasteiger charge is 2.12. The fourth-order valence-corrected chi connectivity index (χ4v) is 1.12. The van der Waals surface area contributed by atoms with E-state index in [0.29, 0.717) is 10.8 Å². The molecule has 0 bridgehead atoms. The summed E-state index contributed by atoms with van der Waals surface area (Å²) in [6, 6.07) is 1.81. The van der Waals surface area contributed by atoms with Crippen LogP contribution in [-0.2, 0) is 0 Å². The number of aromatic nitrogens is 1. The van der Waals surface area contributed by atoms with Crippen LogP contribution in [-0.4, -0.2) is 10.5 Å². The molecule has 72 valence electrons. The number of nitrogens with two attached hydrogens (primary N) is 1. The monoisotopic (exact) mass is 199 g/mol. The van der Waals surface area contributed by atoms with Crippen molar-refractivity contribution in [2.45, 2.75) is 26.3 Å². The minimum atomic E-state index is -0.0290. The van der Waals surface area contributed by atoms with E-state index in [1.54, 1.807) is 6.20 Å². The third kappa shape index (κ3) is 2.77. The maximum atomic E-state index is 5.77. The van der Waals surface area contributed by atoms with Gasteiger partial charge >= 0.3 is 0 Å². The average Bonchev–Trinajstić information content (AvgIpc) is 1.96. The van der Waals surface area contributed by atoms with Gasteiger partial charge in [-0.25, -0.2) is 4.98 Å². The number of nitrogen functional groups attached to an aromatic ring is 1. The Morgan fingerprint density at radius 3 is 2.62 bits per heavy atom. The predicted molar refractivity (Wildman–Crippen MR) is 57.0 cm³/mol. The van der Waals surface area contributed by atoms with E-state index in [2.05, 4.69) is 31.1 Å². The molecule has 0 fully saturated rings. The van der Waals surface area contributed by atoms with E-state index in [0.717, 1.165) is 5.69 Å². The summed E-state index contributed by atoms with van der Waals surface area (Å²) in [5.74, 6) is 0. The Balaban J connectivity index is 2.96. The van der Waals surface area contributed by atoms with Gasteiger partial charge < -0.3 is 11.1 Å². The number of pyridine rings is 1. The van der Waals surface area contributed by atoms with Gasteiger partial charge in [-0.15, -0.1) is 0 Å². The molecular formula is C9H14ClN3. The van der Waals surface area contributed by atoms with Crippen LogP contribution in [0.25, 0.3) is 0 Å². The molecule has 0 aromatic carbocycles. The number of hydrogen-bond donors (Lipinski definition) is 2. The Morgan fingerprint density at radius 1 is 1.46 bits per heavy atom. The highest BCUT2D eigenvalue weighted by molar-refractivity contribution is 6.32. The molecule has 0 radical (unpaired) electrons. The zero-order valence-electron chi connectivity index (χ0n) is 8.06.